The third-order valence-electron chi connectivity index (χ3n) is 4.76. The molecule has 3 heterocycles. The van der Waals surface area contributed by atoms with Crippen molar-refractivity contribution >= 4 is 11.8 Å². The highest BCUT2D eigenvalue weighted by molar-refractivity contribution is 5.86. The Morgan fingerprint density at radius 1 is 1.16 bits per heavy atom. The van der Waals surface area contributed by atoms with Crippen molar-refractivity contribution in [3.8, 4) is 0 Å². The largest absolute Gasteiger partial charge is 0.347 e. The molecule has 0 aliphatic carbocycles. The lowest BCUT2D eigenvalue weighted by Crippen LogP contribution is -2.45. The Morgan fingerprint density at radius 2 is 1.95 bits per heavy atom. The first-order valence-corrected chi connectivity index (χ1v) is 7.55. The van der Waals surface area contributed by atoms with Crippen LogP contribution in [0.1, 0.15) is 38.5 Å². The van der Waals surface area contributed by atoms with Crippen molar-refractivity contribution in [1.29, 1.82) is 0 Å². The molecule has 3 atom stereocenters. The number of fused-ring (bicyclic) bond motifs is 2. The molecule has 2 bridgehead atoms. The summed E-state index contributed by atoms with van der Waals surface area (Å²) < 4.78 is 0. The fourth-order valence-corrected chi connectivity index (χ4v) is 3.66. The summed E-state index contributed by atoms with van der Waals surface area (Å²) in [6.45, 7) is 1.88. The molecule has 3 aliphatic rings. The number of nitrogens with zero attached hydrogens (tertiary/aromatic N) is 1. The molecule has 3 unspecified atom stereocenters. The van der Waals surface area contributed by atoms with Crippen LogP contribution in [0, 0.1) is 5.92 Å². The van der Waals surface area contributed by atoms with E-state index in [0.29, 0.717) is 12.1 Å². The third-order valence-corrected chi connectivity index (χ3v) is 4.76. The Morgan fingerprint density at radius 3 is 2.58 bits per heavy atom. The predicted molar refractivity (Wildman–Crippen MR) is 71.5 cm³/mol. The van der Waals surface area contributed by atoms with Gasteiger partial charge in [0.15, 0.2) is 0 Å². The van der Waals surface area contributed by atoms with E-state index in [4.69, 9.17) is 0 Å². The highest BCUT2D eigenvalue weighted by atomic mass is 16.2. The third kappa shape index (κ3) is 2.76. The molecule has 106 valence electrons. The van der Waals surface area contributed by atoms with Gasteiger partial charge in [-0.3, -0.25) is 9.59 Å². The van der Waals surface area contributed by atoms with E-state index in [1.54, 1.807) is 0 Å². The zero-order valence-corrected chi connectivity index (χ0v) is 11.4. The second kappa shape index (κ2) is 5.49. The van der Waals surface area contributed by atoms with Crippen LogP contribution in [-0.2, 0) is 9.59 Å². The molecule has 0 spiro atoms. The minimum atomic E-state index is 0.0602. The van der Waals surface area contributed by atoms with Crippen molar-refractivity contribution < 1.29 is 9.59 Å². The normalized spacial score (nSPS) is 33.5. The van der Waals surface area contributed by atoms with E-state index in [1.165, 1.54) is 12.8 Å². The van der Waals surface area contributed by atoms with Crippen LogP contribution in [0.5, 0.6) is 0 Å². The van der Waals surface area contributed by atoms with E-state index in [0.717, 1.165) is 38.8 Å². The second-order valence-corrected chi connectivity index (χ2v) is 6.05. The van der Waals surface area contributed by atoms with E-state index in [9.17, 15) is 9.59 Å². The molecule has 0 radical (unpaired) electrons. The summed E-state index contributed by atoms with van der Waals surface area (Å²) in [4.78, 5) is 26.0. The van der Waals surface area contributed by atoms with Crippen LogP contribution < -0.4 is 10.6 Å². The number of amides is 2. The van der Waals surface area contributed by atoms with E-state index in [1.807, 2.05) is 4.90 Å². The van der Waals surface area contributed by atoms with E-state index >= 15 is 0 Å². The van der Waals surface area contributed by atoms with Crippen molar-refractivity contribution in [2.24, 2.45) is 5.92 Å². The molecule has 2 amide bonds. The summed E-state index contributed by atoms with van der Waals surface area (Å²) in [7, 11) is 0. The summed E-state index contributed by atoms with van der Waals surface area (Å²) in [5, 5.41) is 6.29. The van der Waals surface area contributed by atoms with Crippen molar-refractivity contribution in [2.45, 2.75) is 50.6 Å². The average Bonchev–Trinajstić information content (AvgIpc) is 3.08. The number of rotatable bonds is 3. The Hall–Kier alpha value is -1.10. The minimum absolute atomic E-state index is 0.0602. The van der Waals surface area contributed by atoms with Crippen LogP contribution in [0.15, 0.2) is 0 Å². The van der Waals surface area contributed by atoms with Gasteiger partial charge in [0.2, 0.25) is 11.8 Å². The molecule has 5 heteroatoms. The van der Waals surface area contributed by atoms with Crippen LogP contribution in [-0.4, -0.2) is 48.4 Å². The first-order valence-electron chi connectivity index (χ1n) is 7.55. The Kier molecular flexibility index (Phi) is 3.73. The monoisotopic (exact) mass is 265 g/mol. The van der Waals surface area contributed by atoms with Gasteiger partial charge in [0.1, 0.15) is 0 Å². The van der Waals surface area contributed by atoms with Crippen LogP contribution in [0.3, 0.4) is 0 Å². The van der Waals surface area contributed by atoms with Crippen LogP contribution >= 0.6 is 0 Å². The first kappa shape index (κ1) is 12.9. The summed E-state index contributed by atoms with van der Waals surface area (Å²) in [6, 6.07) is 0.869. The Balaban J connectivity index is 1.44. The predicted octanol–water partition coefficient (Wildman–Crippen LogP) is 0.256. The molecule has 19 heavy (non-hydrogen) atoms. The van der Waals surface area contributed by atoms with Gasteiger partial charge in [-0.05, 0) is 38.5 Å². The number of piperidine rings is 1. The highest BCUT2D eigenvalue weighted by Crippen LogP contribution is 2.33. The summed E-state index contributed by atoms with van der Waals surface area (Å²) in [5.41, 5.74) is 0. The molecule has 3 rings (SSSR count). The van der Waals surface area contributed by atoms with Gasteiger partial charge in [0.25, 0.3) is 0 Å². The van der Waals surface area contributed by atoms with Crippen LogP contribution in [0.2, 0.25) is 0 Å². The van der Waals surface area contributed by atoms with Gasteiger partial charge in [-0.2, -0.15) is 0 Å². The topological polar surface area (TPSA) is 61.4 Å². The minimum Gasteiger partial charge on any atom is -0.347 e. The van der Waals surface area contributed by atoms with Gasteiger partial charge in [-0.15, -0.1) is 0 Å². The number of nitrogens with one attached hydrogen (secondary N) is 2. The Labute approximate surface area is 114 Å². The standard InChI is InChI=1S/C14H23N3O2/c18-13(17-6-2-1-3-7-17)9-15-14(19)11-8-10-4-5-12(11)16-10/h10-12,16H,1-9H2,(H,15,19). The van der Waals surface area contributed by atoms with Gasteiger partial charge in [-0.25, -0.2) is 0 Å². The molecule has 5 nitrogen and oxygen atoms in total. The zero-order chi connectivity index (χ0) is 13.2. The van der Waals surface area contributed by atoms with Crippen LogP contribution in [0.4, 0.5) is 0 Å². The average molecular weight is 265 g/mol. The van der Waals surface area contributed by atoms with Crippen LogP contribution in [0.25, 0.3) is 0 Å². The molecular formula is C14H23N3O2. The molecule has 0 aromatic heterocycles. The van der Waals surface area contributed by atoms with Gasteiger partial charge < -0.3 is 15.5 Å². The number of hydrogen-bond donors (Lipinski definition) is 2. The van der Waals surface area contributed by atoms with Crippen molar-refractivity contribution in [3.63, 3.8) is 0 Å². The molecule has 0 aromatic carbocycles. The van der Waals surface area contributed by atoms with Crippen molar-refractivity contribution in [2.75, 3.05) is 19.6 Å². The van der Waals surface area contributed by atoms with E-state index < -0.39 is 0 Å². The molecule has 0 saturated carbocycles. The SMILES string of the molecule is O=C(NCC(=O)N1CCCCC1)C1CC2CCC1N2. The molecule has 3 aliphatic heterocycles. The molecule has 3 saturated heterocycles. The lowest BCUT2D eigenvalue weighted by Gasteiger charge is -2.27. The lowest BCUT2D eigenvalue weighted by atomic mass is 9.88. The smallest absolute Gasteiger partial charge is 0.241 e. The van der Waals surface area contributed by atoms with E-state index in [-0.39, 0.29) is 24.3 Å². The fraction of sp³-hybridized carbons (Fsp3) is 0.857. The molecule has 2 N–H and O–H groups in total. The van der Waals surface area contributed by atoms with Gasteiger partial charge in [-0.1, -0.05) is 0 Å². The molecular weight excluding hydrogens is 242 g/mol. The van der Waals surface area contributed by atoms with Crippen molar-refractivity contribution in [1.82, 2.24) is 15.5 Å². The van der Waals surface area contributed by atoms with E-state index in [2.05, 4.69) is 10.6 Å². The van der Waals surface area contributed by atoms with Crippen molar-refractivity contribution in [3.05, 3.63) is 0 Å². The second-order valence-electron chi connectivity index (χ2n) is 6.05. The number of likely N-dealkylation sites (tertiary alicyclic amines) is 1. The maximum absolute atomic E-state index is 12.1. The highest BCUT2D eigenvalue weighted by Gasteiger charge is 2.42. The first-order chi connectivity index (χ1) is 9.24. The maximum atomic E-state index is 12.1. The fourth-order valence-electron chi connectivity index (χ4n) is 3.66. The summed E-state index contributed by atoms with van der Waals surface area (Å²) >= 11 is 0. The molecule has 3 fully saturated rings. The maximum Gasteiger partial charge on any atom is 0.241 e. The van der Waals surface area contributed by atoms with Gasteiger partial charge in [0, 0.05) is 25.2 Å². The number of carbonyl (C=O) groups is 2. The summed E-state index contributed by atoms with van der Waals surface area (Å²) in [6.07, 6.45) is 6.64. The summed E-state index contributed by atoms with van der Waals surface area (Å²) in [5.74, 6) is 0.210. The Bertz CT molecular complexity index is 366. The number of hydrogen-bond acceptors (Lipinski definition) is 3. The van der Waals surface area contributed by atoms with Gasteiger partial charge in [0.05, 0.1) is 12.5 Å². The lowest BCUT2D eigenvalue weighted by molar-refractivity contribution is -0.134. The molecule has 0 aromatic rings. The van der Waals surface area contributed by atoms with Gasteiger partial charge >= 0.3 is 0 Å². The quantitative estimate of drug-likeness (QED) is 0.769. The zero-order valence-electron chi connectivity index (χ0n) is 11.4. The number of carbonyl (C=O) groups excluding carboxylic acids is 2.